The van der Waals surface area contributed by atoms with Crippen molar-refractivity contribution < 1.29 is 9.53 Å². The molecule has 4 N–H and O–H groups in total. The molecule has 8 heteroatoms. The first-order chi connectivity index (χ1) is 11.1. The number of ether oxygens (including phenoxy) is 1. The lowest BCUT2D eigenvalue weighted by Gasteiger charge is -2.04. The molecule has 1 aromatic carbocycles. The highest BCUT2D eigenvalue weighted by Gasteiger charge is 2.13. The molecule has 3 rings (SSSR count). The fourth-order valence-corrected chi connectivity index (χ4v) is 2.88. The number of halogens is 1. The second-order valence-corrected chi connectivity index (χ2v) is 5.96. The standard InChI is InChI=1S/C15H13ClN4O2S/c1-18-15(17)20-14(21)12-7-9-10(16)5-8(6-11(9)19-12)22-13-3-2-4-23-13/h2-7,19H,1H3,(H3,17,18,20,21). The number of carbonyl (C=O) groups is 1. The Morgan fingerprint density at radius 3 is 2.96 bits per heavy atom. The van der Waals surface area contributed by atoms with E-state index < -0.39 is 0 Å². The third-order valence-electron chi connectivity index (χ3n) is 3.10. The zero-order chi connectivity index (χ0) is 16.4. The Morgan fingerprint density at radius 1 is 1.43 bits per heavy atom. The quantitative estimate of drug-likeness (QED) is 0.500. The van der Waals surface area contributed by atoms with E-state index in [0.29, 0.717) is 22.0 Å². The minimum absolute atomic E-state index is 0.0430. The topological polar surface area (TPSA) is 92.5 Å². The number of fused-ring (bicyclic) bond motifs is 1. The Balaban J connectivity index is 1.93. The van der Waals surface area contributed by atoms with Gasteiger partial charge in [-0.2, -0.15) is 0 Å². The lowest BCUT2D eigenvalue weighted by molar-refractivity contribution is 0.0972. The molecule has 0 aliphatic heterocycles. The minimum atomic E-state index is -0.388. The van der Waals surface area contributed by atoms with E-state index in [2.05, 4.69) is 15.3 Å². The summed E-state index contributed by atoms with van der Waals surface area (Å²) >= 11 is 7.76. The zero-order valence-corrected chi connectivity index (χ0v) is 13.7. The van der Waals surface area contributed by atoms with E-state index in [1.54, 1.807) is 18.2 Å². The normalized spacial score (nSPS) is 11.7. The molecule has 118 valence electrons. The number of hydrogen-bond acceptors (Lipinski definition) is 4. The predicted molar refractivity (Wildman–Crippen MR) is 92.7 cm³/mol. The zero-order valence-electron chi connectivity index (χ0n) is 12.1. The maximum atomic E-state index is 12.1. The van der Waals surface area contributed by atoms with E-state index in [0.717, 1.165) is 10.4 Å². The van der Waals surface area contributed by atoms with Crippen LogP contribution in [-0.4, -0.2) is 23.9 Å². The van der Waals surface area contributed by atoms with Crippen molar-refractivity contribution in [2.75, 3.05) is 7.05 Å². The van der Waals surface area contributed by atoms with Gasteiger partial charge in [-0.3, -0.25) is 15.1 Å². The molecule has 0 saturated carbocycles. The van der Waals surface area contributed by atoms with Gasteiger partial charge in [-0.1, -0.05) is 11.6 Å². The van der Waals surface area contributed by atoms with Crippen LogP contribution in [0.2, 0.25) is 5.02 Å². The van der Waals surface area contributed by atoms with Crippen LogP contribution in [0.1, 0.15) is 10.5 Å². The first kappa shape index (κ1) is 15.4. The van der Waals surface area contributed by atoms with Crippen LogP contribution >= 0.6 is 22.9 Å². The predicted octanol–water partition coefficient (Wildman–Crippen LogP) is 3.35. The summed E-state index contributed by atoms with van der Waals surface area (Å²) in [5.41, 5.74) is 6.53. The number of aliphatic imine (C=N–C) groups is 1. The van der Waals surface area contributed by atoms with Crippen LogP contribution in [0.15, 0.2) is 40.7 Å². The highest BCUT2D eigenvalue weighted by molar-refractivity contribution is 7.11. The van der Waals surface area contributed by atoms with Crippen molar-refractivity contribution in [2.45, 2.75) is 0 Å². The van der Waals surface area contributed by atoms with Gasteiger partial charge in [-0.25, -0.2) is 0 Å². The highest BCUT2D eigenvalue weighted by Crippen LogP contribution is 2.33. The Labute approximate surface area is 140 Å². The molecule has 0 saturated heterocycles. The van der Waals surface area contributed by atoms with Gasteiger partial charge in [0.2, 0.25) is 0 Å². The molecular formula is C15H13ClN4O2S. The van der Waals surface area contributed by atoms with Crippen LogP contribution < -0.4 is 15.8 Å². The van der Waals surface area contributed by atoms with Crippen molar-refractivity contribution in [2.24, 2.45) is 10.7 Å². The van der Waals surface area contributed by atoms with Crippen molar-refractivity contribution in [3.8, 4) is 10.8 Å². The van der Waals surface area contributed by atoms with Crippen LogP contribution in [-0.2, 0) is 0 Å². The first-order valence-electron chi connectivity index (χ1n) is 6.64. The summed E-state index contributed by atoms with van der Waals surface area (Å²) < 4.78 is 5.73. The summed E-state index contributed by atoms with van der Waals surface area (Å²) in [7, 11) is 1.49. The summed E-state index contributed by atoms with van der Waals surface area (Å²) in [6.07, 6.45) is 0. The first-order valence-corrected chi connectivity index (χ1v) is 7.90. The summed E-state index contributed by atoms with van der Waals surface area (Å²) in [6, 6.07) is 8.92. The average molecular weight is 349 g/mol. The average Bonchev–Trinajstić information content (AvgIpc) is 3.16. The fourth-order valence-electron chi connectivity index (χ4n) is 2.03. The second kappa shape index (κ2) is 6.31. The van der Waals surface area contributed by atoms with Crippen molar-refractivity contribution in [3.05, 3.63) is 46.4 Å². The second-order valence-electron chi connectivity index (χ2n) is 4.65. The highest BCUT2D eigenvalue weighted by atomic mass is 35.5. The smallest absolute Gasteiger partial charge is 0.274 e. The van der Waals surface area contributed by atoms with Gasteiger partial charge in [0.1, 0.15) is 11.4 Å². The molecule has 0 spiro atoms. The number of nitrogens with zero attached hydrogens (tertiary/aromatic N) is 1. The molecule has 23 heavy (non-hydrogen) atoms. The molecule has 2 aromatic heterocycles. The molecular weight excluding hydrogens is 336 g/mol. The van der Waals surface area contributed by atoms with Gasteiger partial charge in [0, 0.05) is 24.6 Å². The van der Waals surface area contributed by atoms with Gasteiger partial charge in [-0.05, 0) is 23.6 Å². The molecule has 0 radical (unpaired) electrons. The number of amides is 1. The van der Waals surface area contributed by atoms with Crippen molar-refractivity contribution in [1.82, 2.24) is 10.3 Å². The number of hydrogen-bond donors (Lipinski definition) is 3. The van der Waals surface area contributed by atoms with E-state index in [1.807, 2.05) is 17.5 Å². The minimum Gasteiger partial charge on any atom is -0.447 e. The molecule has 1 amide bonds. The number of carbonyl (C=O) groups excluding carboxylic acids is 1. The Morgan fingerprint density at radius 2 is 2.26 bits per heavy atom. The molecule has 0 fully saturated rings. The molecule has 0 bridgehead atoms. The largest absolute Gasteiger partial charge is 0.447 e. The Hall–Kier alpha value is -2.51. The SMILES string of the molecule is CN=C(N)NC(=O)c1cc2c(Cl)cc(Oc3cccs3)cc2[nH]1. The molecule has 3 aromatic rings. The van der Waals surface area contributed by atoms with E-state index in [9.17, 15) is 4.79 Å². The van der Waals surface area contributed by atoms with E-state index in [1.165, 1.54) is 18.4 Å². The van der Waals surface area contributed by atoms with Crippen molar-refractivity contribution >= 4 is 45.7 Å². The lowest BCUT2D eigenvalue weighted by Crippen LogP contribution is -2.36. The number of guanidine groups is 1. The third-order valence-corrected chi connectivity index (χ3v) is 4.16. The van der Waals surface area contributed by atoms with Crippen LogP contribution in [0.5, 0.6) is 10.8 Å². The van der Waals surface area contributed by atoms with E-state index in [4.69, 9.17) is 22.1 Å². The number of nitrogens with two attached hydrogens (primary N) is 1. The molecule has 0 aliphatic carbocycles. The van der Waals surface area contributed by atoms with Crippen LogP contribution in [0.4, 0.5) is 0 Å². The van der Waals surface area contributed by atoms with Crippen LogP contribution in [0.25, 0.3) is 10.9 Å². The molecule has 6 nitrogen and oxygen atoms in total. The number of thiophene rings is 1. The van der Waals surface area contributed by atoms with Crippen LogP contribution in [0, 0.1) is 0 Å². The Bertz CT molecular complexity index is 886. The summed E-state index contributed by atoms with van der Waals surface area (Å²) in [5, 5.41) is 6.36. The maximum Gasteiger partial charge on any atom is 0.274 e. The maximum absolute atomic E-state index is 12.1. The van der Waals surface area contributed by atoms with Gasteiger partial charge in [0.05, 0.1) is 10.5 Å². The molecule has 2 heterocycles. The number of benzene rings is 1. The monoisotopic (exact) mass is 348 g/mol. The summed E-state index contributed by atoms with van der Waals surface area (Å²) in [5.74, 6) is 0.246. The van der Waals surface area contributed by atoms with E-state index >= 15 is 0 Å². The Kier molecular flexibility index (Phi) is 4.22. The summed E-state index contributed by atoms with van der Waals surface area (Å²) in [4.78, 5) is 18.7. The third kappa shape index (κ3) is 3.30. The lowest BCUT2D eigenvalue weighted by atomic mass is 10.2. The number of rotatable bonds is 3. The number of aromatic amines is 1. The van der Waals surface area contributed by atoms with Crippen molar-refractivity contribution in [1.29, 1.82) is 0 Å². The van der Waals surface area contributed by atoms with Gasteiger partial charge >= 0.3 is 0 Å². The van der Waals surface area contributed by atoms with Gasteiger partial charge in [0.25, 0.3) is 5.91 Å². The molecule has 0 aliphatic rings. The number of H-pyrrole nitrogens is 1. The number of aromatic nitrogens is 1. The fraction of sp³-hybridized carbons (Fsp3) is 0.0667. The van der Waals surface area contributed by atoms with Gasteiger partial charge < -0.3 is 15.5 Å². The number of nitrogens with one attached hydrogen (secondary N) is 2. The van der Waals surface area contributed by atoms with E-state index in [-0.39, 0.29) is 11.9 Å². The van der Waals surface area contributed by atoms with Gasteiger partial charge in [-0.15, -0.1) is 11.3 Å². The van der Waals surface area contributed by atoms with Crippen molar-refractivity contribution in [3.63, 3.8) is 0 Å². The molecule has 0 atom stereocenters. The van der Waals surface area contributed by atoms with Gasteiger partial charge in [0.15, 0.2) is 11.0 Å². The summed E-state index contributed by atoms with van der Waals surface area (Å²) in [6.45, 7) is 0. The van der Waals surface area contributed by atoms with Crippen LogP contribution in [0.3, 0.4) is 0 Å². The molecule has 0 unspecified atom stereocenters.